The number of aliphatic carboxylic acids is 1. The van der Waals surface area contributed by atoms with Crippen LogP contribution in [-0.4, -0.2) is 53.6 Å². The lowest BCUT2D eigenvalue weighted by molar-refractivity contribution is -0.140. The van der Waals surface area contributed by atoms with Crippen LogP contribution in [0.3, 0.4) is 0 Å². The van der Waals surface area contributed by atoms with Gasteiger partial charge >= 0.3 is 12.0 Å². The predicted octanol–water partition coefficient (Wildman–Crippen LogP) is -0.454. The maximum Gasteiger partial charge on any atom is 0.315 e. The van der Waals surface area contributed by atoms with Crippen molar-refractivity contribution in [2.75, 3.05) is 13.6 Å². The van der Waals surface area contributed by atoms with Gasteiger partial charge in [0.2, 0.25) is 5.91 Å². The minimum Gasteiger partial charge on any atom is -0.481 e. The van der Waals surface area contributed by atoms with Gasteiger partial charge in [-0.15, -0.1) is 0 Å². The van der Waals surface area contributed by atoms with Gasteiger partial charge in [0, 0.05) is 13.6 Å². The number of hydrogen-bond acceptors (Lipinski definition) is 3. The Labute approximate surface area is 110 Å². The zero-order chi connectivity index (χ0) is 14.0. The largest absolute Gasteiger partial charge is 0.481 e. The topological polar surface area (TPSA) is 98.7 Å². The van der Waals surface area contributed by atoms with Crippen molar-refractivity contribution in [3.8, 4) is 0 Å². The number of hydrogen-bond donors (Lipinski definition) is 3. The van der Waals surface area contributed by atoms with E-state index in [1.165, 1.54) is 0 Å². The van der Waals surface area contributed by atoms with Crippen molar-refractivity contribution in [3.05, 3.63) is 12.2 Å². The lowest BCUT2D eigenvalue weighted by Crippen LogP contribution is -2.48. The Morgan fingerprint density at radius 2 is 2.11 bits per heavy atom. The van der Waals surface area contributed by atoms with E-state index in [1.807, 2.05) is 0 Å². The summed E-state index contributed by atoms with van der Waals surface area (Å²) in [5.74, 6) is -1.54. The number of likely N-dealkylation sites (N-methyl/N-ethyl adjacent to an activating group) is 1. The Balaban J connectivity index is 1.78. The molecule has 1 aliphatic carbocycles. The Hall–Kier alpha value is -2.05. The fourth-order valence-corrected chi connectivity index (χ4v) is 2.31. The van der Waals surface area contributed by atoms with Crippen LogP contribution in [0.2, 0.25) is 0 Å². The molecule has 2 rings (SSSR count). The van der Waals surface area contributed by atoms with Gasteiger partial charge in [-0.1, -0.05) is 12.2 Å². The van der Waals surface area contributed by atoms with Gasteiger partial charge in [-0.2, -0.15) is 0 Å². The summed E-state index contributed by atoms with van der Waals surface area (Å²) in [7, 11) is 1.69. The standard InChI is InChI=1S/C12H17N3O4/c1-15-5-4-9(10(15)16)14-12(19)13-8-3-2-7(6-8)11(17)18/h2-3,7-9H,4-6H2,1H3,(H,17,18)(H2,13,14,19). The molecule has 3 N–H and O–H groups in total. The van der Waals surface area contributed by atoms with Crippen molar-refractivity contribution < 1.29 is 19.5 Å². The fraction of sp³-hybridized carbons (Fsp3) is 0.583. The van der Waals surface area contributed by atoms with Crippen molar-refractivity contribution in [1.29, 1.82) is 0 Å². The fourth-order valence-electron chi connectivity index (χ4n) is 2.31. The van der Waals surface area contributed by atoms with Crippen LogP contribution in [0.5, 0.6) is 0 Å². The molecule has 1 saturated heterocycles. The van der Waals surface area contributed by atoms with Crippen LogP contribution in [0, 0.1) is 5.92 Å². The molecule has 2 aliphatic rings. The molecule has 7 heteroatoms. The first kappa shape index (κ1) is 13.4. The summed E-state index contributed by atoms with van der Waals surface area (Å²) >= 11 is 0. The molecule has 3 amide bonds. The monoisotopic (exact) mass is 267 g/mol. The van der Waals surface area contributed by atoms with Gasteiger partial charge in [0.05, 0.1) is 12.0 Å². The van der Waals surface area contributed by atoms with E-state index >= 15 is 0 Å². The number of carboxylic acid groups (broad SMARTS) is 1. The first-order chi connectivity index (χ1) is 8.97. The molecule has 1 aliphatic heterocycles. The molecule has 0 bridgehead atoms. The number of carboxylic acids is 1. The van der Waals surface area contributed by atoms with Crippen LogP contribution in [0.25, 0.3) is 0 Å². The van der Waals surface area contributed by atoms with Crippen LogP contribution < -0.4 is 10.6 Å². The van der Waals surface area contributed by atoms with Gasteiger partial charge in [-0.25, -0.2) is 4.79 Å². The smallest absolute Gasteiger partial charge is 0.315 e. The minimum atomic E-state index is -0.895. The second-order valence-corrected chi connectivity index (χ2v) is 4.89. The first-order valence-corrected chi connectivity index (χ1v) is 6.20. The molecule has 7 nitrogen and oxygen atoms in total. The summed E-state index contributed by atoms with van der Waals surface area (Å²) in [5.41, 5.74) is 0. The number of urea groups is 1. The SMILES string of the molecule is CN1CCC(NC(=O)NC2C=CC(C(=O)O)C2)C1=O. The third-order valence-corrected chi connectivity index (χ3v) is 3.45. The normalized spacial score (nSPS) is 29.6. The number of carbonyl (C=O) groups excluding carboxylic acids is 2. The second kappa shape index (κ2) is 5.29. The van der Waals surface area contributed by atoms with E-state index < -0.39 is 24.0 Å². The Morgan fingerprint density at radius 3 is 2.63 bits per heavy atom. The van der Waals surface area contributed by atoms with Gasteiger partial charge in [0.15, 0.2) is 0 Å². The van der Waals surface area contributed by atoms with Gasteiger partial charge in [-0.05, 0) is 12.8 Å². The minimum absolute atomic E-state index is 0.0967. The van der Waals surface area contributed by atoms with Gasteiger partial charge < -0.3 is 20.6 Å². The summed E-state index contributed by atoms with van der Waals surface area (Å²) in [6.45, 7) is 0.633. The molecule has 104 valence electrons. The number of nitrogens with zero attached hydrogens (tertiary/aromatic N) is 1. The summed E-state index contributed by atoms with van der Waals surface area (Å²) < 4.78 is 0. The van der Waals surface area contributed by atoms with E-state index in [-0.39, 0.29) is 11.9 Å². The molecule has 3 unspecified atom stereocenters. The molecule has 0 aromatic heterocycles. The molecule has 3 atom stereocenters. The van der Waals surface area contributed by atoms with Gasteiger partial charge in [-0.3, -0.25) is 9.59 Å². The molecule has 1 heterocycles. The molecule has 0 saturated carbocycles. The van der Waals surface area contributed by atoms with Gasteiger partial charge in [0.1, 0.15) is 6.04 Å². The molecule has 0 spiro atoms. The highest BCUT2D eigenvalue weighted by atomic mass is 16.4. The summed E-state index contributed by atoms with van der Waals surface area (Å²) in [5, 5.41) is 14.1. The zero-order valence-corrected chi connectivity index (χ0v) is 10.6. The lowest BCUT2D eigenvalue weighted by atomic mass is 10.1. The molecule has 0 radical (unpaired) electrons. The third kappa shape index (κ3) is 3.04. The van der Waals surface area contributed by atoms with Crippen molar-refractivity contribution in [2.45, 2.75) is 24.9 Å². The van der Waals surface area contributed by atoms with Crippen LogP contribution in [0.4, 0.5) is 4.79 Å². The highest BCUT2D eigenvalue weighted by Crippen LogP contribution is 2.18. The van der Waals surface area contributed by atoms with Crippen molar-refractivity contribution in [3.63, 3.8) is 0 Å². The van der Waals surface area contributed by atoms with Crippen molar-refractivity contribution in [2.24, 2.45) is 5.92 Å². The van der Waals surface area contributed by atoms with Crippen molar-refractivity contribution in [1.82, 2.24) is 15.5 Å². The summed E-state index contributed by atoms with van der Waals surface area (Å²) in [6, 6.07) is -1.21. The molecule has 0 aromatic carbocycles. The van der Waals surface area contributed by atoms with E-state index in [9.17, 15) is 14.4 Å². The Bertz CT molecular complexity index is 435. The van der Waals surface area contributed by atoms with Gasteiger partial charge in [0.25, 0.3) is 0 Å². The number of likely N-dealkylation sites (tertiary alicyclic amines) is 1. The van der Waals surface area contributed by atoms with E-state index in [2.05, 4.69) is 10.6 Å². The van der Waals surface area contributed by atoms with Crippen LogP contribution in [-0.2, 0) is 9.59 Å². The van der Waals surface area contributed by atoms with E-state index in [4.69, 9.17) is 5.11 Å². The van der Waals surface area contributed by atoms with E-state index in [0.29, 0.717) is 19.4 Å². The van der Waals surface area contributed by atoms with Crippen LogP contribution in [0.15, 0.2) is 12.2 Å². The molecule has 1 fully saturated rings. The average Bonchev–Trinajstić information content (AvgIpc) is 2.91. The molecular formula is C12H17N3O4. The Morgan fingerprint density at radius 1 is 1.37 bits per heavy atom. The number of nitrogens with one attached hydrogen (secondary N) is 2. The highest BCUT2D eigenvalue weighted by molar-refractivity contribution is 5.88. The Kier molecular flexibility index (Phi) is 3.73. The first-order valence-electron chi connectivity index (χ1n) is 6.20. The number of rotatable bonds is 3. The summed E-state index contributed by atoms with van der Waals surface area (Å²) in [6.07, 6.45) is 4.19. The average molecular weight is 267 g/mol. The predicted molar refractivity (Wildman–Crippen MR) is 66.4 cm³/mol. The zero-order valence-electron chi connectivity index (χ0n) is 10.6. The number of amides is 3. The van der Waals surface area contributed by atoms with E-state index in [0.717, 1.165) is 0 Å². The van der Waals surface area contributed by atoms with Crippen molar-refractivity contribution >= 4 is 17.9 Å². The molecular weight excluding hydrogens is 250 g/mol. The highest BCUT2D eigenvalue weighted by Gasteiger charge is 2.31. The van der Waals surface area contributed by atoms with E-state index in [1.54, 1.807) is 24.1 Å². The lowest BCUT2D eigenvalue weighted by Gasteiger charge is -2.16. The molecule has 0 aromatic rings. The second-order valence-electron chi connectivity index (χ2n) is 4.89. The maximum absolute atomic E-state index is 11.7. The van der Waals surface area contributed by atoms with Crippen LogP contribution >= 0.6 is 0 Å². The third-order valence-electron chi connectivity index (χ3n) is 3.45. The number of carbonyl (C=O) groups is 3. The quantitative estimate of drug-likeness (QED) is 0.603. The maximum atomic E-state index is 11.7. The summed E-state index contributed by atoms with van der Waals surface area (Å²) in [4.78, 5) is 35.7. The van der Waals surface area contributed by atoms with Crippen LogP contribution in [0.1, 0.15) is 12.8 Å². The molecule has 19 heavy (non-hydrogen) atoms.